The summed E-state index contributed by atoms with van der Waals surface area (Å²) in [6.07, 6.45) is -4.60. The van der Waals surface area contributed by atoms with E-state index in [1.54, 1.807) is 29.2 Å². The number of morpholine rings is 1. The highest BCUT2D eigenvalue weighted by Gasteiger charge is 2.38. The molecule has 2 heterocycles. The van der Waals surface area contributed by atoms with E-state index in [1.165, 1.54) is 7.05 Å². The van der Waals surface area contributed by atoms with Gasteiger partial charge in [-0.05, 0) is 5.56 Å². The van der Waals surface area contributed by atoms with E-state index in [-0.39, 0.29) is 11.1 Å². The van der Waals surface area contributed by atoms with Crippen LogP contribution in [-0.2, 0) is 22.8 Å². The molecule has 140 valence electrons. The number of thioether (sulfide) groups is 1. The highest BCUT2D eigenvalue weighted by atomic mass is 32.2. The van der Waals surface area contributed by atoms with Gasteiger partial charge >= 0.3 is 6.18 Å². The molecule has 3 rings (SSSR count). The first-order valence-electron chi connectivity index (χ1n) is 7.92. The standard InChI is InChI=1S/C16H17F3N4O2S/c1-22-14(16(17,18)19)20-21-15(22)26-12(11-5-3-2-4-6-11)13(24)23-7-9-25-10-8-23/h2-6,12H,7-10H2,1H3/t12-/m1/s1. The Morgan fingerprint density at radius 3 is 2.42 bits per heavy atom. The lowest BCUT2D eigenvalue weighted by atomic mass is 10.1. The molecule has 1 aliphatic heterocycles. The number of carbonyl (C=O) groups excluding carboxylic acids is 1. The molecule has 2 aromatic rings. The van der Waals surface area contributed by atoms with Crippen LogP contribution >= 0.6 is 11.8 Å². The highest BCUT2D eigenvalue weighted by molar-refractivity contribution is 8.00. The number of hydrogen-bond donors (Lipinski definition) is 0. The van der Waals surface area contributed by atoms with Crippen LogP contribution in [0.25, 0.3) is 0 Å². The summed E-state index contributed by atoms with van der Waals surface area (Å²) in [5, 5.41) is 6.19. The van der Waals surface area contributed by atoms with Crippen LogP contribution in [0.15, 0.2) is 35.5 Å². The summed E-state index contributed by atoms with van der Waals surface area (Å²) in [6.45, 7) is 1.80. The normalized spacial score (nSPS) is 16.5. The van der Waals surface area contributed by atoms with Gasteiger partial charge in [-0.15, -0.1) is 10.2 Å². The molecule has 0 aliphatic carbocycles. The quantitative estimate of drug-likeness (QED) is 0.756. The van der Waals surface area contributed by atoms with Gasteiger partial charge in [0.1, 0.15) is 5.25 Å². The molecule has 1 aliphatic rings. The topological polar surface area (TPSA) is 60.2 Å². The van der Waals surface area contributed by atoms with Crippen LogP contribution in [0, 0.1) is 0 Å². The van der Waals surface area contributed by atoms with Crippen LogP contribution < -0.4 is 0 Å². The predicted octanol–water partition coefficient (Wildman–Crippen LogP) is 2.53. The molecule has 0 N–H and O–H groups in total. The molecule has 10 heteroatoms. The first kappa shape index (κ1) is 18.7. The zero-order chi connectivity index (χ0) is 18.7. The second kappa shape index (κ2) is 7.67. The van der Waals surface area contributed by atoms with Gasteiger partial charge in [0.15, 0.2) is 5.16 Å². The number of carbonyl (C=O) groups is 1. The van der Waals surface area contributed by atoms with Crippen molar-refractivity contribution >= 4 is 17.7 Å². The number of benzene rings is 1. The number of hydrogen-bond acceptors (Lipinski definition) is 5. The van der Waals surface area contributed by atoms with E-state index in [9.17, 15) is 18.0 Å². The summed E-state index contributed by atoms with van der Waals surface area (Å²) >= 11 is 0.964. The highest BCUT2D eigenvalue weighted by Crippen LogP contribution is 2.38. The fraction of sp³-hybridized carbons (Fsp3) is 0.438. The maximum Gasteiger partial charge on any atom is 0.451 e. The predicted molar refractivity (Wildman–Crippen MR) is 88.4 cm³/mol. The summed E-state index contributed by atoms with van der Waals surface area (Å²) in [5.74, 6) is -1.27. The van der Waals surface area contributed by atoms with Gasteiger partial charge in [-0.1, -0.05) is 42.1 Å². The van der Waals surface area contributed by atoms with Gasteiger partial charge in [-0.3, -0.25) is 4.79 Å². The Labute approximate surface area is 152 Å². The van der Waals surface area contributed by atoms with E-state index in [0.717, 1.165) is 16.3 Å². The van der Waals surface area contributed by atoms with E-state index >= 15 is 0 Å². The van der Waals surface area contributed by atoms with E-state index in [0.29, 0.717) is 31.9 Å². The van der Waals surface area contributed by atoms with E-state index in [1.807, 2.05) is 6.07 Å². The van der Waals surface area contributed by atoms with Gasteiger partial charge in [0.25, 0.3) is 0 Å². The minimum Gasteiger partial charge on any atom is -0.378 e. The Bertz CT molecular complexity index is 761. The molecule has 1 atom stereocenters. The van der Waals surface area contributed by atoms with Gasteiger partial charge < -0.3 is 14.2 Å². The van der Waals surface area contributed by atoms with Crippen molar-refractivity contribution < 1.29 is 22.7 Å². The van der Waals surface area contributed by atoms with Crippen molar-refractivity contribution in [2.75, 3.05) is 26.3 Å². The second-order valence-corrected chi connectivity index (χ2v) is 6.78. The molecule has 1 aromatic carbocycles. The molecule has 1 amide bonds. The molecule has 0 saturated carbocycles. The molecule has 0 bridgehead atoms. The van der Waals surface area contributed by atoms with Gasteiger partial charge in [0, 0.05) is 20.1 Å². The molecular weight excluding hydrogens is 369 g/mol. The first-order chi connectivity index (χ1) is 12.4. The van der Waals surface area contributed by atoms with E-state index in [2.05, 4.69) is 10.2 Å². The van der Waals surface area contributed by atoms with E-state index in [4.69, 9.17) is 4.74 Å². The lowest BCUT2D eigenvalue weighted by Crippen LogP contribution is -2.42. The second-order valence-electron chi connectivity index (χ2n) is 5.71. The number of nitrogens with zero attached hydrogens (tertiary/aromatic N) is 4. The SMILES string of the molecule is Cn1c(S[C@@H](C(=O)N2CCOCC2)c2ccccc2)nnc1C(F)(F)F. The fourth-order valence-electron chi connectivity index (χ4n) is 2.61. The third-order valence-corrected chi connectivity index (χ3v) is 5.24. The molecule has 1 aromatic heterocycles. The monoisotopic (exact) mass is 386 g/mol. The Kier molecular flexibility index (Phi) is 5.52. The average molecular weight is 386 g/mol. The Hall–Kier alpha value is -2.07. The van der Waals surface area contributed by atoms with Crippen molar-refractivity contribution in [2.24, 2.45) is 7.05 Å². The van der Waals surface area contributed by atoms with Crippen molar-refractivity contribution in [3.8, 4) is 0 Å². The summed E-state index contributed by atoms with van der Waals surface area (Å²) < 4.78 is 45.0. The van der Waals surface area contributed by atoms with Gasteiger partial charge in [0.2, 0.25) is 11.7 Å². The van der Waals surface area contributed by atoms with Crippen molar-refractivity contribution in [1.29, 1.82) is 0 Å². The number of amides is 1. The Balaban J connectivity index is 1.89. The molecule has 6 nitrogen and oxygen atoms in total. The summed E-state index contributed by atoms with van der Waals surface area (Å²) in [4.78, 5) is 14.6. The largest absolute Gasteiger partial charge is 0.451 e. The average Bonchev–Trinajstić information content (AvgIpc) is 3.01. The van der Waals surface area contributed by atoms with Crippen LogP contribution in [0.5, 0.6) is 0 Å². The molecule has 0 radical (unpaired) electrons. The lowest BCUT2D eigenvalue weighted by molar-refractivity contribution is -0.147. The van der Waals surface area contributed by atoms with E-state index < -0.39 is 17.3 Å². The van der Waals surface area contributed by atoms with Crippen LogP contribution in [0.1, 0.15) is 16.6 Å². The van der Waals surface area contributed by atoms with Gasteiger partial charge in [-0.25, -0.2) is 0 Å². The molecule has 1 fully saturated rings. The third kappa shape index (κ3) is 4.01. The molecular formula is C16H17F3N4O2S. The minimum atomic E-state index is -4.60. The van der Waals surface area contributed by atoms with Gasteiger partial charge in [0.05, 0.1) is 13.2 Å². The van der Waals surface area contributed by atoms with Crippen molar-refractivity contribution in [2.45, 2.75) is 16.6 Å². The van der Waals surface area contributed by atoms with Crippen LogP contribution in [0.3, 0.4) is 0 Å². The summed E-state index contributed by atoms with van der Waals surface area (Å²) in [7, 11) is 1.24. The molecule has 0 unspecified atom stereocenters. The zero-order valence-corrected chi connectivity index (χ0v) is 14.8. The number of halogens is 3. The maximum atomic E-state index is 13.0. The van der Waals surface area contributed by atoms with Crippen LogP contribution in [-0.4, -0.2) is 51.9 Å². The van der Waals surface area contributed by atoms with Crippen molar-refractivity contribution in [3.63, 3.8) is 0 Å². The number of aromatic nitrogens is 3. The number of ether oxygens (including phenoxy) is 1. The lowest BCUT2D eigenvalue weighted by Gasteiger charge is -2.30. The Morgan fingerprint density at radius 2 is 1.85 bits per heavy atom. The Morgan fingerprint density at radius 1 is 1.19 bits per heavy atom. The number of alkyl halides is 3. The summed E-state index contributed by atoms with van der Waals surface area (Å²) in [5.41, 5.74) is 0.700. The fourth-order valence-corrected chi connectivity index (χ4v) is 3.69. The minimum absolute atomic E-state index is 0.0350. The third-order valence-electron chi connectivity index (χ3n) is 3.96. The molecule has 26 heavy (non-hydrogen) atoms. The van der Waals surface area contributed by atoms with Crippen LogP contribution in [0.2, 0.25) is 0 Å². The van der Waals surface area contributed by atoms with Crippen molar-refractivity contribution in [1.82, 2.24) is 19.7 Å². The smallest absolute Gasteiger partial charge is 0.378 e. The van der Waals surface area contributed by atoms with Gasteiger partial charge in [-0.2, -0.15) is 13.2 Å². The molecule has 1 saturated heterocycles. The number of rotatable bonds is 4. The van der Waals surface area contributed by atoms with Crippen molar-refractivity contribution in [3.05, 3.63) is 41.7 Å². The summed E-state index contributed by atoms with van der Waals surface area (Å²) in [6, 6.07) is 8.93. The van der Waals surface area contributed by atoms with Crippen LogP contribution in [0.4, 0.5) is 13.2 Å². The zero-order valence-electron chi connectivity index (χ0n) is 13.9. The molecule has 0 spiro atoms. The first-order valence-corrected chi connectivity index (χ1v) is 8.80. The maximum absolute atomic E-state index is 13.0.